The highest BCUT2D eigenvalue weighted by Crippen LogP contribution is 2.34. The molecule has 0 spiro atoms. The summed E-state index contributed by atoms with van der Waals surface area (Å²) in [7, 11) is 0. The van der Waals surface area contributed by atoms with E-state index in [1.54, 1.807) is 12.1 Å². The third-order valence-corrected chi connectivity index (χ3v) is 6.21. The number of nitrogens with zero attached hydrogens (tertiary/aromatic N) is 1. The van der Waals surface area contributed by atoms with Gasteiger partial charge in [-0.1, -0.05) is 18.2 Å². The van der Waals surface area contributed by atoms with Crippen molar-refractivity contribution in [1.29, 1.82) is 0 Å². The van der Waals surface area contributed by atoms with Crippen molar-refractivity contribution in [2.45, 2.75) is 25.8 Å². The molecule has 2 amide bonds. The van der Waals surface area contributed by atoms with Gasteiger partial charge in [-0.05, 0) is 57.1 Å². The van der Waals surface area contributed by atoms with Crippen molar-refractivity contribution < 1.29 is 23.5 Å². The second-order valence-corrected chi connectivity index (χ2v) is 8.58. The lowest BCUT2D eigenvalue weighted by molar-refractivity contribution is -0.124. The fourth-order valence-electron chi connectivity index (χ4n) is 4.35. The first kappa shape index (κ1) is 21.3. The molecule has 172 valence electrons. The van der Waals surface area contributed by atoms with Gasteiger partial charge in [-0.25, -0.2) is 0 Å². The molecule has 33 heavy (non-hydrogen) atoms. The summed E-state index contributed by atoms with van der Waals surface area (Å²) in [6, 6.07) is 14.9. The molecule has 5 rings (SSSR count). The van der Waals surface area contributed by atoms with Crippen LogP contribution in [0.1, 0.15) is 31.6 Å². The van der Waals surface area contributed by atoms with Crippen molar-refractivity contribution in [3.8, 4) is 11.5 Å². The molecule has 0 bridgehead atoms. The van der Waals surface area contributed by atoms with Crippen molar-refractivity contribution in [3.63, 3.8) is 0 Å². The summed E-state index contributed by atoms with van der Waals surface area (Å²) >= 11 is 0. The minimum absolute atomic E-state index is 0.00326. The quantitative estimate of drug-likeness (QED) is 0.596. The Hall–Kier alpha value is -3.52. The van der Waals surface area contributed by atoms with Gasteiger partial charge >= 0.3 is 0 Å². The number of hydrogen-bond acceptors (Lipinski definition) is 6. The molecule has 2 aliphatic rings. The van der Waals surface area contributed by atoms with Crippen LogP contribution in [0.5, 0.6) is 11.5 Å². The lowest BCUT2D eigenvalue weighted by Crippen LogP contribution is -2.43. The van der Waals surface area contributed by atoms with Gasteiger partial charge in [0.25, 0.3) is 0 Å². The number of benzene rings is 2. The van der Waals surface area contributed by atoms with Gasteiger partial charge in [0.1, 0.15) is 11.3 Å². The molecule has 2 N–H and O–H groups in total. The van der Waals surface area contributed by atoms with Crippen LogP contribution in [0.4, 0.5) is 5.69 Å². The van der Waals surface area contributed by atoms with Crippen LogP contribution in [0, 0.1) is 5.92 Å². The highest BCUT2D eigenvalue weighted by Gasteiger charge is 2.27. The average Bonchev–Trinajstić information content (AvgIpc) is 3.46. The maximum atomic E-state index is 12.7. The summed E-state index contributed by atoms with van der Waals surface area (Å²) in [5, 5.41) is 7.01. The molecular formula is C25H27N3O5. The van der Waals surface area contributed by atoms with Crippen molar-refractivity contribution in [2.75, 3.05) is 31.7 Å². The number of nitrogens with one attached hydrogen (secondary N) is 2. The van der Waals surface area contributed by atoms with Crippen LogP contribution in [-0.4, -0.2) is 43.1 Å². The zero-order chi connectivity index (χ0) is 22.8. The first-order valence-corrected chi connectivity index (χ1v) is 11.3. The van der Waals surface area contributed by atoms with Gasteiger partial charge in [0.05, 0.1) is 12.6 Å². The zero-order valence-corrected chi connectivity index (χ0v) is 18.5. The molecule has 0 saturated carbocycles. The molecule has 1 saturated heterocycles. The molecule has 0 radical (unpaired) electrons. The number of amides is 2. The Morgan fingerprint density at radius 1 is 1.06 bits per heavy atom. The van der Waals surface area contributed by atoms with Crippen LogP contribution in [0.2, 0.25) is 0 Å². The van der Waals surface area contributed by atoms with E-state index in [1.165, 1.54) is 0 Å². The number of piperidine rings is 1. The summed E-state index contributed by atoms with van der Waals surface area (Å²) in [6.07, 6.45) is 1.42. The maximum Gasteiger partial charge on any atom is 0.234 e. The number of carbonyl (C=O) groups is 2. The summed E-state index contributed by atoms with van der Waals surface area (Å²) in [5.74, 6) is 1.94. The molecule has 2 aromatic carbocycles. The van der Waals surface area contributed by atoms with Crippen LogP contribution in [-0.2, 0) is 9.59 Å². The van der Waals surface area contributed by atoms with Gasteiger partial charge in [0, 0.05) is 23.1 Å². The number of likely N-dealkylation sites (tertiary alicyclic amines) is 1. The highest BCUT2D eigenvalue weighted by molar-refractivity contribution is 5.93. The third-order valence-electron chi connectivity index (χ3n) is 6.21. The van der Waals surface area contributed by atoms with Crippen molar-refractivity contribution >= 4 is 28.5 Å². The first-order chi connectivity index (χ1) is 16.0. The van der Waals surface area contributed by atoms with Gasteiger partial charge in [0.2, 0.25) is 18.6 Å². The van der Waals surface area contributed by atoms with E-state index in [0.717, 1.165) is 16.7 Å². The first-order valence-electron chi connectivity index (χ1n) is 11.3. The van der Waals surface area contributed by atoms with Crippen LogP contribution in [0.3, 0.4) is 0 Å². The fourth-order valence-corrected chi connectivity index (χ4v) is 4.35. The lowest BCUT2D eigenvalue weighted by Gasteiger charge is -2.31. The second kappa shape index (κ2) is 9.15. The fraction of sp³-hybridized carbons (Fsp3) is 0.360. The SMILES string of the molecule is CC(NC(=O)CN1CCC(C(=O)Nc2ccc3c(c2)OCO3)CC1)c1cc2ccccc2o1. The van der Waals surface area contributed by atoms with Crippen molar-refractivity contribution in [1.82, 2.24) is 10.2 Å². The molecule has 1 unspecified atom stereocenters. The lowest BCUT2D eigenvalue weighted by atomic mass is 9.95. The number of carbonyl (C=O) groups excluding carboxylic acids is 2. The Kier molecular flexibility index (Phi) is 5.92. The Morgan fingerprint density at radius 2 is 1.85 bits per heavy atom. The van der Waals surface area contributed by atoms with Gasteiger partial charge < -0.3 is 24.5 Å². The van der Waals surface area contributed by atoms with Gasteiger partial charge in [-0.2, -0.15) is 0 Å². The van der Waals surface area contributed by atoms with Crippen molar-refractivity contribution in [3.05, 3.63) is 54.3 Å². The van der Waals surface area contributed by atoms with Gasteiger partial charge in [0.15, 0.2) is 11.5 Å². The third kappa shape index (κ3) is 4.80. The van der Waals surface area contributed by atoms with Crippen LogP contribution < -0.4 is 20.1 Å². The minimum atomic E-state index is -0.213. The number of furan rings is 1. The molecule has 2 aliphatic heterocycles. The van der Waals surface area contributed by atoms with Crippen molar-refractivity contribution in [2.24, 2.45) is 5.92 Å². The van der Waals surface area contributed by atoms with E-state index in [4.69, 9.17) is 13.9 Å². The summed E-state index contributed by atoms with van der Waals surface area (Å²) in [4.78, 5) is 27.3. The normalized spacial score (nSPS) is 17.1. The Morgan fingerprint density at radius 3 is 2.67 bits per heavy atom. The van der Waals surface area contributed by atoms with Gasteiger partial charge in [-0.3, -0.25) is 14.5 Å². The number of rotatable bonds is 6. The van der Waals surface area contributed by atoms with E-state index in [-0.39, 0.29) is 30.6 Å². The summed E-state index contributed by atoms with van der Waals surface area (Å²) in [6.45, 7) is 3.83. The van der Waals surface area contributed by atoms with Gasteiger partial charge in [-0.15, -0.1) is 0 Å². The van der Waals surface area contributed by atoms with Crippen LogP contribution >= 0.6 is 0 Å². The number of para-hydroxylation sites is 1. The standard InChI is InChI=1S/C25H27N3O5/c1-16(22-12-18-4-2-3-5-20(18)33-22)26-24(29)14-28-10-8-17(9-11-28)25(30)27-19-6-7-21-23(13-19)32-15-31-21/h2-7,12-13,16-17H,8-11,14-15H2,1H3,(H,26,29)(H,27,30). The van der Waals surface area contributed by atoms with E-state index < -0.39 is 0 Å². The number of ether oxygens (including phenoxy) is 2. The molecular weight excluding hydrogens is 422 g/mol. The van der Waals surface area contributed by atoms with Crippen LogP contribution in [0.25, 0.3) is 11.0 Å². The molecule has 1 aromatic heterocycles. The summed E-state index contributed by atoms with van der Waals surface area (Å²) < 4.78 is 16.5. The molecule has 3 heterocycles. The van der Waals surface area contributed by atoms with E-state index in [0.29, 0.717) is 49.7 Å². The van der Waals surface area contributed by atoms with Crippen LogP contribution in [0.15, 0.2) is 52.9 Å². The number of fused-ring (bicyclic) bond motifs is 2. The predicted octanol–water partition coefficient (Wildman–Crippen LogP) is 3.69. The molecule has 8 heteroatoms. The highest BCUT2D eigenvalue weighted by atomic mass is 16.7. The number of hydrogen-bond donors (Lipinski definition) is 2. The topological polar surface area (TPSA) is 93.0 Å². The van der Waals surface area contributed by atoms with E-state index in [2.05, 4.69) is 15.5 Å². The monoisotopic (exact) mass is 449 g/mol. The Balaban J connectivity index is 1.08. The average molecular weight is 450 g/mol. The minimum Gasteiger partial charge on any atom is -0.459 e. The summed E-state index contributed by atoms with van der Waals surface area (Å²) in [5.41, 5.74) is 1.51. The smallest absolute Gasteiger partial charge is 0.234 e. The second-order valence-electron chi connectivity index (χ2n) is 8.58. The Bertz CT molecular complexity index is 1130. The van der Waals surface area contributed by atoms with E-state index >= 15 is 0 Å². The zero-order valence-electron chi connectivity index (χ0n) is 18.5. The van der Waals surface area contributed by atoms with E-state index in [1.807, 2.05) is 43.3 Å². The predicted molar refractivity (Wildman–Crippen MR) is 123 cm³/mol. The molecule has 8 nitrogen and oxygen atoms in total. The Labute approximate surface area is 191 Å². The largest absolute Gasteiger partial charge is 0.459 e. The molecule has 1 fully saturated rings. The molecule has 3 aromatic rings. The van der Waals surface area contributed by atoms with E-state index in [9.17, 15) is 9.59 Å². The number of anilines is 1. The molecule has 1 atom stereocenters. The maximum absolute atomic E-state index is 12.7. The molecule has 0 aliphatic carbocycles.